The molecule has 31 heavy (non-hydrogen) atoms. The molecule has 0 unspecified atom stereocenters. The predicted molar refractivity (Wildman–Crippen MR) is 116 cm³/mol. The van der Waals surface area contributed by atoms with Gasteiger partial charge in [-0.25, -0.2) is 0 Å². The number of benzene rings is 2. The molecule has 0 bridgehead atoms. The van der Waals surface area contributed by atoms with Crippen molar-refractivity contribution in [2.45, 2.75) is 6.54 Å². The molecule has 0 amide bonds. The Bertz CT molecular complexity index is 1300. The van der Waals surface area contributed by atoms with Crippen molar-refractivity contribution in [1.82, 2.24) is 9.55 Å². The van der Waals surface area contributed by atoms with E-state index in [-0.39, 0.29) is 11.4 Å². The van der Waals surface area contributed by atoms with Gasteiger partial charge in [-0.05, 0) is 41.5 Å². The topological polar surface area (TPSA) is 116 Å². The molecule has 4 rings (SSSR count). The number of pyridine rings is 1. The largest absolute Gasteiger partial charge is 0.285 e. The Morgan fingerprint density at radius 3 is 2.16 bits per heavy atom. The first-order chi connectivity index (χ1) is 15.0. The lowest BCUT2D eigenvalue weighted by Crippen LogP contribution is -2.14. The second-order valence-corrected chi connectivity index (χ2v) is 7.33. The van der Waals surface area contributed by atoms with Crippen LogP contribution in [0.3, 0.4) is 0 Å². The minimum Gasteiger partial charge on any atom is -0.285 e. The highest BCUT2D eigenvalue weighted by Crippen LogP contribution is 2.26. The number of hydrogen-bond acceptors (Lipinski definition) is 7. The summed E-state index contributed by atoms with van der Waals surface area (Å²) in [4.78, 5) is 30.6. The number of aromatic nitrogens is 2. The number of nitrogens with zero attached hydrogens (tertiary/aromatic N) is 5. The fourth-order valence-corrected chi connectivity index (χ4v) is 3.91. The van der Waals surface area contributed by atoms with Crippen LogP contribution in [0, 0.1) is 20.2 Å². The summed E-state index contributed by atoms with van der Waals surface area (Å²) >= 11 is 1.41. The van der Waals surface area contributed by atoms with E-state index in [4.69, 9.17) is 4.99 Å². The quantitative estimate of drug-likeness (QED) is 0.327. The Hall–Kier alpha value is -4.18. The molecule has 0 fully saturated rings. The van der Waals surface area contributed by atoms with Gasteiger partial charge in [-0.3, -0.25) is 34.8 Å². The Kier molecular flexibility index (Phi) is 5.63. The third-order valence-corrected chi connectivity index (χ3v) is 5.38. The summed E-state index contributed by atoms with van der Waals surface area (Å²) < 4.78 is 1.88. The molecular formula is C21H15N5O4S. The third kappa shape index (κ3) is 4.38. The molecule has 0 saturated heterocycles. The van der Waals surface area contributed by atoms with Gasteiger partial charge in [-0.1, -0.05) is 6.07 Å². The van der Waals surface area contributed by atoms with Crippen LogP contribution < -0.4 is 4.80 Å². The molecule has 0 aliphatic rings. The molecule has 0 radical (unpaired) electrons. The van der Waals surface area contributed by atoms with E-state index in [1.807, 2.05) is 22.1 Å². The maximum Gasteiger partial charge on any atom is 0.269 e. The Labute approximate surface area is 179 Å². The van der Waals surface area contributed by atoms with Crippen LogP contribution >= 0.6 is 11.3 Å². The summed E-state index contributed by atoms with van der Waals surface area (Å²) in [6.07, 6.45) is 3.43. The summed E-state index contributed by atoms with van der Waals surface area (Å²) in [6.45, 7) is 0.418. The molecule has 154 valence electrons. The normalized spacial score (nSPS) is 11.4. The average Bonchev–Trinajstić information content (AvgIpc) is 3.22. The highest BCUT2D eigenvalue weighted by Gasteiger charge is 2.13. The number of thiazole rings is 1. The average molecular weight is 433 g/mol. The summed E-state index contributed by atoms with van der Waals surface area (Å²) in [5.74, 6) is 0. The van der Waals surface area contributed by atoms with Crippen molar-refractivity contribution in [3.63, 3.8) is 0 Å². The zero-order chi connectivity index (χ0) is 21.8. The van der Waals surface area contributed by atoms with Gasteiger partial charge >= 0.3 is 0 Å². The van der Waals surface area contributed by atoms with Crippen LogP contribution in [0.25, 0.3) is 16.9 Å². The molecule has 2 aromatic heterocycles. The summed E-state index contributed by atoms with van der Waals surface area (Å²) in [6, 6.07) is 16.2. The molecule has 2 aromatic carbocycles. The van der Waals surface area contributed by atoms with Crippen molar-refractivity contribution in [2.24, 2.45) is 4.99 Å². The van der Waals surface area contributed by atoms with E-state index < -0.39 is 9.85 Å². The molecule has 0 aliphatic carbocycles. The molecule has 0 aliphatic heterocycles. The van der Waals surface area contributed by atoms with E-state index in [0.717, 1.165) is 16.8 Å². The maximum absolute atomic E-state index is 11.0. The van der Waals surface area contributed by atoms with Crippen LogP contribution in [0.4, 0.5) is 11.4 Å². The van der Waals surface area contributed by atoms with Crippen molar-refractivity contribution in [3.05, 3.63) is 109 Å². The van der Waals surface area contributed by atoms with Crippen LogP contribution in [0.5, 0.6) is 0 Å². The first kappa shape index (κ1) is 20.1. The fourth-order valence-electron chi connectivity index (χ4n) is 3.00. The monoisotopic (exact) mass is 433 g/mol. The Morgan fingerprint density at radius 1 is 0.935 bits per heavy atom. The standard InChI is InChI=1S/C21H15N5O4S/c27-25(28)18-5-3-16(4-6-18)20-14-31-21(23-13-15-2-1-11-22-12-15)24(20)17-7-9-19(10-8-17)26(29)30/h1-12,14H,13H2. The van der Waals surface area contributed by atoms with Crippen LogP contribution in [-0.4, -0.2) is 19.4 Å². The van der Waals surface area contributed by atoms with Crippen LogP contribution in [0.2, 0.25) is 0 Å². The molecule has 0 spiro atoms. The lowest BCUT2D eigenvalue weighted by molar-refractivity contribution is -0.385. The number of non-ortho nitro benzene ring substituents is 2. The van der Waals surface area contributed by atoms with Gasteiger partial charge in [-0.15, -0.1) is 11.3 Å². The zero-order valence-corrected chi connectivity index (χ0v) is 16.8. The SMILES string of the molecule is O=[N+]([O-])c1ccc(-c2csc(=NCc3cccnc3)n2-c2ccc([N+](=O)[O-])cc2)cc1. The predicted octanol–water partition coefficient (Wildman–Crippen LogP) is 4.52. The number of nitro benzene ring substituents is 2. The molecule has 9 nitrogen and oxygen atoms in total. The molecule has 0 atom stereocenters. The van der Waals surface area contributed by atoms with Gasteiger partial charge < -0.3 is 0 Å². The van der Waals surface area contributed by atoms with Crippen LogP contribution in [0.1, 0.15) is 5.56 Å². The van der Waals surface area contributed by atoms with Gasteiger partial charge in [0, 0.05) is 47.7 Å². The van der Waals surface area contributed by atoms with Gasteiger partial charge in [0.15, 0.2) is 4.80 Å². The highest BCUT2D eigenvalue weighted by molar-refractivity contribution is 7.07. The molecule has 0 saturated carbocycles. The van der Waals surface area contributed by atoms with Crippen molar-refractivity contribution >= 4 is 22.7 Å². The summed E-state index contributed by atoms with van der Waals surface area (Å²) in [7, 11) is 0. The molecule has 0 N–H and O–H groups in total. The Morgan fingerprint density at radius 2 is 1.58 bits per heavy atom. The number of nitro groups is 2. The second-order valence-electron chi connectivity index (χ2n) is 6.49. The van der Waals surface area contributed by atoms with Crippen LogP contribution in [-0.2, 0) is 6.54 Å². The van der Waals surface area contributed by atoms with Gasteiger partial charge in [0.1, 0.15) is 0 Å². The summed E-state index contributed by atoms with van der Waals surface area (Å²) in [5.41, 5.74) is 3.18. The van der Waals surface area contributed by atoms with Gasteiger partial charge in [0.05, 0.1) is 22.1 Å². The first-order valence-electron chi connectivity index (χ1n) is 9.12. The fraction of sp³-hybridized carbons (Fsp3) is 0.0476. The minimum atomic E-state index is -0.451. The Balaban J connectivity index is 1.82. The zero-order valence-electron chi connectivity index (χ0n) is 16.0. The van der Waals surface area contributed by atoms with Gasteiger partial charge in [0.2, 0.25) is 0 Å². The maximum atomic E-state index is 11.0. The van der Waals surface area contributed by atoms with Crippen molar-refractivity contribution in [1.29, 1.82) is 0 Å². The molecule has 4 aromatic rings. The molecular weight excluding hydrogens is 418 g/mol. The van der Waals surface area contributed by atoms with E-state index in [2.05, 4.69) is 4.98 Å². The van der Waals surface area contributed by atoms with Crippen molar-refractivity contribution in [2.75, 3.05) is 0 Å². The highest BCUT2D eigenvalue weighted by atomic mass is 32.1. The van der Waals surface area contributed by atoms with E-state index >= 15 is 0 Å². The lowest BCUT2D eigenvalue weighted by atomic mass is 10.1. The third-order valence-electron chi connectivity index (χ3n) is 4.52. The smallest absolute Gasteiger partial charge is 0.269 e. The number of rotatable bonds is 6. The second kappa shape index (κ2) is 8.67. The van der Waals surface area contributed by atoms with E-state index in [1.165, 1.54) is 35.6 Å². The lowest BCUT2D eigenvalue weighted by Gasteiger charge is -2.09. The molecule has 10 heteroatoms. The van der Waals surface area contributed by atoms with Crippen molar-refractivity contribution in [3.8, 4) is 16.9 Å². The summed E-state index contributed by atoms with van der Waals surface area (Å²) in [5, 5.41) is 23.9. The van der Waals surface area contributed by atoms with Gasteiger partial charge in [-0.2, -0.15) is 0 Å². The van der Waals surface area contributed by atoms with E-state index in [1.54, 1.807) is 36.7 Å². The first-order valence-corrected chi connectivity index (χ1v) is 10.0. The van der Waals surface area contributed by atoms with E-state index in [0.29, 0.717) is 17.0 Å². The van der Waals surface area contributed by atoms with Gasteiger partial charge in [0.25, 0.3) is 11.4 Å². The number of hydrogen-bond donors (Lipinski definition) is 0. The van der Waals surface area contributed by atoms with Crippen molar-refractivity contribution < 1.29 is 9.85 Å². The van der Waals surface area contributed by atoms with E-state index in [9.17, 15) is 20.2 Å². The molecule has 2 heterocycles. The van der Waals surface area contributed by atoms with Crippen LogP contribution in [0.15, 0.2) is 83.4 Å². The minimum absolute atomic E-state index is 0.00218.